The minimum Gasteiger partial charge on any atom is -0.335 e. The van der Waals surface area contributed by atoms with Gasteiger partial charge in [-0.2, -0.15) is 5.26 Å². The van der Waals surface area contributed by atoms with Gasteiger partial charge in [0, 0.05) is 25.0 Å². The van der Waals surface area contributed by atoms with Crippen molar-refractivity contribution in [1.82, 2.24) is 14.9 Å². The van der Waals surface area contributed by atoms with Crippen molar-refractivity contribution in [3.8, 4) is 6.07 Å². The van der Waals surface area contributed by atoms with Crippen molar-refractivity contribution in [2.45, 2.75) is 64.1 Å². The van der Waals surface area contributed by atoms with Crippen molar-refractivity contribution in [2.75, 3.05) is 0 Å². The quantitative estimate of drug-likeness (QED) is 0.803. The lowest BCUT2D eigenvalue weighted by molar-refractivity contribution is 0.351. The van der Waals surface area contributed by atoms with Gasteiger partial charge in [-0.15, -0.1) is 0 Å². The van der Waals surface area contributed by atoms with E-state index in [1.807, 2.05) is 19.3 Å². The lowest BCUT2D eigenvalue weighted by atomic mass is 9.91. The summed E-state index contributed by atoms with van der Waals surface area (Å²) in [5, 5.41) is 12.9. The molecule has 4 nitrogen and oxygen atoms in total. The molecule has 98 valence electrons. The van der Waals surface area contributed by atoms with Gasteiger partial charge in [0.2, 0.25) is 0 Å². The highest BCUT2D eigenvalue weighted by Gasteiger charge is 2.34. The summed E-state index contributed by atoms with van der Waals surface area (Å²) in [6.07, 6.45) is 9.09. The van der Waals surface area contributed by atoms with E-state index in [0.717, 1.165) is 31.6 Å². The molecule has 1 aromatic heterocycles. The highest BCUT2D eigenvalue weighted by Crippen LogP contribution is 2.26. The maximum Gasteiger partial charge on any atom is 0.106 e. The maximum atomic E-state index is 9.43. The fourth-order valence-corrected chi connectivity index (χ4v) is 2.33. The van der Waals surface area contributed by atoms with E-state index in [9.17, 15) is 5.26 Å². The Bertz CT molecular complexity index is 427. The maximum absolute atomic E-state index is 9.43. The molecule has 2 rings (SSSR count). The van der Waals surface area contributed by atoms with Gasteiger partial charge >= 0.3 is 0 Å². The highest BCUT2D eigenvalue weighted by molar-refractivity contribution is 5.09. The highest BCUT2D eigenvalue weighted by atomic mass is 15.1. The smallest absolute Gasteiger partial charge is 0.106 e. The molecule has 0 radical (unpaired) electrons. The van der Waals surface area contributed by atoms with Crippen molar-refractivity contribution < 1.29 is 0 Å². The van der Waals surface area contributed by atoms with Crippen LogP contribution in [0.5, 0.6) is 0 Å². The molecule has 1 aromatic rings. The standard InChI is InChI=1S/C14H22N4/c1-3-14(11-15,17-13-5-6-13)7-4-9-18-10-8-16-12(18)2/h8,10,13,17H,3-7,9H2,1-2H3. The zero-order valence-electron chi connectivity index (χ0n) is 11.3. The Labute approximate surface area is 109 Å². The Kier molecular flexibility index (Phi) is 4.03. The molecule has 1 fully saturated rings. The summed E-state index contributed by atoms with van der Waals surface area (Å²) in [4.78, 5) is 4.21. The average molecular weight is 246 g/mol. The molecular weight excluding hydrogens is 224 g/mol. The van der Waals surface area contributed by atoms with E-state index in [1.54, 1.807) is 0 Å². The number of aromatic nitrogens is 2. The molecule has 0 amide bonds. The zero-order valence-corrected chi connectivity index (χ0v) is 11.3. The molecule has 1 aliphatic carbocycles. The van der Waals surface area contributed by atoms with Crippen LogP contribution < -0.4 is 5.32 Å². The molecule has 0 spiro atoms. The van der Waals surface area contributed by atoms with Crippen LogP contribution in [-0.4, -0.2) is 21.1 Å². The third-order valence-corrected chi connectivity index (χ3v) is 3.80. The van der Waals surface area contributed by atoms with E-state index in [2.05, 4.69) is 27.9 Å². The molecule has 4 heteroatoms. The lowest BCUT2D eigenvalue weighted by Gasteiger charge is -2.26. The fourth-order valence-electron chi connectivity index (χ4n) is 2.33. The molecule has 1 heterocycles. The Balaban J connectivity index is 1.85. The molecule has 18 heavy (non-hydrogen) atoms. The third-order valence-electron chi connectivity index (χ3n) is 3.80. The van der Waals surface area contributed by atoms with Crippen molar-refractivity contribution in [3.63, 3.8) is 0 Å². The van der Waals surface area contributed by atoms with E-state index in [-0.39, 0.29) is 5.54 Å². The van der Waals surface area contributed by atoms with Gasteiger partial charge in [0.25, 0.3) is 0 Å². The molecule has 1 unspecified atom stereocenters. The lowest BCUT2D eigenvalue weighted by Crippen LogP contribution is -2.44. The minimum absolute atomic E-state index is 0.324. The number of nitriles is 1. The average Bonchev–Trinajstić information content (AvgIpc) is 3.11. The Hall–Kier alpha value is -1.34. The summed E-state index contributed by atoms with van der Waals surface area (Å²) in [5.41, 5.74) is -0.324. The molecular formula is C14H22N4. The van der Waals surface area contributed by atoms with Crippen LogP contribution >= 0.6 is 0 Å². The number of aryl methyl sites for hydroxylation is 2. The second-order valence-corrected chi connectivity index (χ2v) is 5.24. The zero-order chi connectivity index (χ0) is 13.0. The second kappa shape index (κ2) is 5.53. The van der Waals surface area contributed by atoms with Crippen LogP contribution in [0, 0.1) is 18.3 Å². The van der Waals surface area contributed by atoms with Gasteiger partial charge in [0.05, 0.1) is 6.07 Å². The van der Waals surface area contributed by atoms with Crippen LogP contribution in [0.2, 0.25) is 0 Å². The van der Waals surface area contributed by atoms with E-state index < -0.39 is 0 Å². The van der Waals surface area contributed by atoms with Crippen LogP contribution in [0.25, 0.3) is 0 Å². The second-order valence-electron chi connectivity index (χ2n) is 5.24. The van der Waals surface area contributed by atoms with Gasteiger partial charge in [0.1, 0.15) is 11.4 Å². The SMILES string of the molecule is CCC(C#N)(CCCn1ccnc1C)NC1CC1. The molecule has 1 saturated carbocycles. The van der Waals surface area contributed by atoms with Crippen molar-refractivity contribution >= 4 is 0 Å². The number of rotatable bonds is 7. The van der Waals surface area contributed by atoms with Gasteiger partial charge in [-0.1, -0.05) is 6.92 Å². The summed E-state index contributed by atoms with van der Waals surface area (Å²) in [6, 6.07) is 3.08. The summed E-state index contributed by atoms with van der Waals surface area (Å²) in [6.45, 7) is 5.06. The largest absolute Gasteiger partial charge is 0.335 e. The van der Waals surface area contributed by atoms with Gasteiger partial charge in [-0.25, -0.2) is 4.98 Å². The summed E-state index contributed by atoms with van der Waals surface area (Å²) >= 11 is 0. The van der Waals surface area contributed by atoms with Crippen LogP contribution in [0.4, 0.5) is 0 Å². The van der Waals surface area contributed by atoms with E-state index >= 15 is 0 Å². The molecule has 0 bridgehead atoms. The topological polar surface area (TPSA) is 53.6 Å². The number of nitrogens with one attached hydrogen (secondary N) is 1. The first-order valence-corrected chi connectivity index (χ1v) is 6.86. The van der Waals surface area contributed by atoms with E-state index in [4.69, 9.17) is 0 Å². The summed E-state index contributed by atoms with van der Waals surface area (Å²) in [5.74, 6) is 1.05. The molecule has 1 atom stereocenters. The van der Waals surface area contributed by atoms with E-state index in [0.29, 0.717) is 6.04 Å². The molecule has 0 aliphatic heterocycles. The summed E-state index contributed by atoms with van der Waals surface area (Å²) < 4.78 is 2.15. The van der Waals surface area contributed by atoms with Crippen molar-refractivity contribution in [1.29, 1.82) is 5.26 Å². The predicted molar refractivity (Wildman–Crippen MR) is 71.0 cm³/mol. The first-order chi connectivity index (χ1) is 8.69. The van der Waals surface area contributed by atoms with Crippen LogP contribution in [0.15, 0.2) is 12.4 Å². The fraction of sp³-hybridized carbons (Fsp3) is 0.714. The first kappa shape index (κ1) is 13.1. The third kappa shape index (κ3) is 3.11. The monoisotopic (exact) mass is 246 g/mol. The predicted octanol–water partition coefficient (Wildman–Crippen LogP) is 2.40. The van der Waals surface area contributed by atoms with Crippen LogP contribution in [0.3, 0.4) is 0 Å². The van der Waals surface area contributed by atoms with Gasteiger partial charge in [-0.3, -0.25) is 5.32 Å². The van der Waals surface area contributed by atoms with Crippen LogP contribution in [0.1, 0.15) is 44.9 Å². The molecule has 0 aromatic carbocycles. The molecule has 1 N–H and O–H groups in total. The van der Waals surface area contributed by atoms with Gasteiger partial charge < -0.3 is 4.57 Å². The number of hydrogen-bond donors (Lipinski definition) is 1. The Morgan fingerprint density at radius 3 is 2.89 bits per heavy atom. The number of nitrogens with zero attached hydrogens (tertiary/aromatic N) is 3. The minimum atomic E-state index is -0.324. The normalized spacial score (nSPS) is 18.3. The Morgan fingerprint density at radius 1 is 1.61 bits per heavy atom. The summed E-state index contributed by atoms with van der Waals surface area (Å²) in [7, 11) is 0. The van der Waals surface area contributed by atoms with E-state index in [1.165, 1.54) is 12.8 Å². The number of imidazole rings is 1. The molecule has 1 aliphatic rings. The van der Waals surface area contributed by atoms with Gasteiger partial charge in [0.15, 0.2) is 0 Å². The van der Waals surface area contributed by atoms with Crippen molar-refractivity contribution in [2.24, 2.45) is 0 Å². The van der Waals surface area contributed by atoms with Crippen LogP contribution in [-0.2, 0) is 6.54 Å². The van der Waals surface area contributed by atoms with Gasteiger partial charge in [-0.05, 0) is 39.0 Å². The number of hydrogen-bond acceptors (Lipinski definition) is 3. The van der Waals surface area contributed by atoms with Crippen molar-refractivity contribution in [3.05, 3.63) is 18.2 Å². The molecule has 0 saturated heterocycles. The Morgan fingerprint density at radius 2 is 2.39 bits per heavy atom. The first-order valence-electron chi connectivity index (χ1n) is 6.86.